The summed E-state index contributed by atoms with van der Waals surface area (Å²) in [5, 5.41) is 0. The first-order valence-corrected chi connectivity index (χ1v) is 25.2. The number of hydrogen-bond donors (Lipinski definition) is 0. The molecule has 6 nitrogen and oxygen atoms in total. The van der Waals surface area contributed by atoms with E-state index in [2.05, 4.69) is 32.6 Å². The number of carbonyl (C=O) groups is 2. The van der Waals surface area contributed by atoms with Crippen LogP contribution < -0.4 is 0 Å². The molecule has 0 atom stereocenters. The van der Waals surface area contributed by atoms with E-state index in [9.17, 15) is 9.59 Å². The molecule has 0 radical (unpaired) electrons. The van der Waals surface area contributed by atoms with Crippen molar-refractivity contribution in [3.63, 3.8) is 0 Å². The molecule has 56 heavy (non-hydrogen) atoms. The van der Waals surface area contributed by atoms with Crippen molar-refractivity contribution in [2.45, 2.75) is 259 Å². The van der Waals surface area contributed by atoms with Gasteiger partial charge in [0.2, 0.25) is 0 Å². The van der Waals surface area contributed by atoms with Crippen LogP contribution in [0.3, 0.4) is 0 Å². The largest absolute Gasteiger partial charge is 0.466 e. The number of carbonyl (C=O) groups excluding carboxylic acids is 2. The molecule has 1 heterocycles. The summed E-state index contributed by atoms with van der Waals surface area (Å²) in [4.78, 5) is 27.7. The Morgan fingerprint density at radius 2 is 0.786 bits per heavy atom. The minimum absolute atomic E-state index is 0.0295. The Morgan fingerprint density at radius 1 is 0.429 bits per heavy atom. The van der Waals surface area contributed by atoms with Crippen LogP contribution in [0.15, 0.2) is 0 Å². The van der Waals surface area contributed by atoms with Crippen LogP contribution in [0.25, 0.3) is 0 Å². The average molecular weight is 792 g/mol. The van der Waals surface area contributed by atoms with Gasteiger partial charge in [0, 0.05) is 26.0 Å². The molecule has 0 bridgehead atoms. The van der Waals surface area contributed by atoms with E-state index in [1.54, 1.807) is 0 Å². The lowest BCUT2D eigenvalue weighted by Crippen LogP contribution is -2.23. The van der Waals surface area contributed by atoms with Crippen LogP contribution in [0.2, 0.25) is 0 Å². The fourth-order valence-electron chi connectivity index (χ4n) is 8.61. The molecule has 1 rings (SSSR count). The SMILES string of the molecule is CCCCCC(CCCCC)CC(=O)OCCCCCCCCC(CCCCCCCCOC(=O)CC(CCCCC)CCCCC)OCCCN1CCCC1. The van der Waals surface area contributed by atoms with E-state index < -0.39 is 0 Å². The normalized spacial score (nSPS) is 13.5. The van der Waals surface area contributed by atoms with Gasteiger partial charge in [-0.1, -0.05) is 169 Å². The smallest absolute Gasteiger partial charge is 0.306 e. The Bertz CT molecular complexity index is 769. The van der Waals surface area contributed by atoms with E-state index >= 15 is 0 Å². The minimum Gasteiger partial charge on any atom is -0.466 e. The fraction of sp³-hybridized carbons (Fsp3) is 0.960. The van der Waals surface area contributed by atoms with Crippen molar-refractivity contribution < 1.29 is 23.8 Å². The van der Waals surface area contributed by atoms with Crippen LogP contribution in [0.5, 0.6) is 0 Å². The van der Waals surface area contributed by atoms with Crippen LogP contribution in [0.1, 0.15) is 252 Å². The molecule has 1 saturated heterocycles. The first kappa shape index (κ1) is 52.9. The molecule has 0 saturated carbocycles. The molecule has 0 aromatic heterocycles. The number of unbranched alkanes of at least 4 members (excludes halogenated alkanes) is 18. The fourth-order valence-corrected chi connectivity index (χ4v) is 8.61. The van der Waals surface area contributed by atoms with Gasteiger partial charge in [0.1, 0.15) is 0 Å². The van der Waals surface area contributed by atoms with Crippen molar-refractivity contribution in [2.24, 2.45) is 11.8 Å². The van der Waals surface area contributed by atoms with Crippen molar-refractivity contribution in [1.82, 2.24) is 4.90 Å². The second-order valence-corrected chi connectivity index (χ2v) is 17.8. The zero-order valence-electron chi connectivity index (χ0n) is 38.2. The van der Waals surface area contributed by atoms with E-state index in [0.717, 1.165) is 38.7 Å². The van der Waals surface area contributed by atoms with E-state index in [1.807, 2.05) is 0 Å². The van der Waals surface area contributed by atoms with Gasteiger partial charge in [-0.05, 0) is 95.6 Å². The highest BCUT2D eigenvalue weighted by Crippen LogP contribution is 2.23. The molecular formula is C50H97NO5. The summed E-state index contributed by atoms with van der Waals surface area (Å²) in [6, 6.07) is 0. The zero-order chi connectivity index (χ0) is 40.6. The Labute approximate surface area is 349 Å². The van der Waals surface area contributed by atoms with Gasteiger partial charge in [0.05, 0.1) is 19.3 Å². The summed E-state index contributed by atoms with van der Waals surface area (Å²) in [6.45, 7) is 14.8. The molecule has 0 aromatic carbocycles. The number of nitrogens with zero attached hydrogens (tertiary/aromatic N) is 1. The van der Waals surface area contributed by atoms with Crippen molar-refractivity contribution in [3.05, 3.63) is 0 Å². The van der Waals surface area contributed by atoms with Gasteiger partial charge in [-0.25, -0.2) is 0 Å². The molecular weight excluding hydrogens is 695 g/mol. The minimum atomic E-state index is 0.0295. The highest BCUT2D eigenvalue weighted by atomic mass is 16.5. The van der Waals surface area contributed by atoms with E-state index in [4.69, 9.17) is 14.2 Å². The second kappa shape index (κ2) is 40.6. The van der Waals surface area contributed by atoms with Crippen molar-refractivity contribution in [3.8, 4) is 0 Å². The first-order chi connectivity index (χ1) is 27.5. The van der Waals surface area contributed by atoms with Crippen LogP contribution in [-0.4, -0.2) is 62.4 Å². The lowest BCUT2D eigenvalue weighted by atomic mass is 9.92. The lowest BCUT2D eigenvalue weighted by Gasteiger charge is -2.20. The van der Waals surface area contributed by atoms with Crippen LogP contribution in [-0.2, 0) is 23.8 Å². The molecule has 1 aliphatic rings. The van der Waals surface area contributed by atoms with Crippen molar-refractivity contribution in [1.29, 1.82) is 0 Å². The van der Waals surface area contributed by atoms with Crippen LogP contribution in [0.4, 0.5) is 0 Å². The third kappa shape index (κ3) is 33.8. The van der Waals surface area contributed by atoms with E-state index in [-0.39, 0.29) is 11.9 Å². The number of ether oxygens (including phenoxy) is 3. The molecule has 6 heteroatoms. The Morgan fingerprint density at radius 3 is 1.18 bits per heavy atom. The summed E-state index contributed by atoms with van der Waals surface area (Å²) in [5.74, 6) is 1.08. The monoisotopic (exact) mass is 792 g/mol. The predicted molar refractivity (Wildman–Crippen MR) is 239 cm³/mol. The molecule has 0 spiro atoms. The predicted octanol–water partition coefficient (Wildman–Crippen LogP) is 14.7. The maximum atomic E-state index is 12.5. The topological polar surface area (TPSA) is 65.1 Å². The summed E-state index contributed by atoms with van der Waals surface area (Å²) in [5.41, 5.74) is 0. The standard InChI is InChI=1S/C50H97NO5/c1-5-9-21-32-46(33-22-10-6-2)44-49(52)55-41-29-19-15-13-17-25-36-48(54-43-31-40-51-38-27-28-39-51)37-26-18-14-16-20-30-42-56-50(53)45-47(34-23-11-7-3)35-24-12-8-4/h46-48H,5-45H2,1-4H3. The molecule has 0 aliphatic carbocycles. The molecule has 0 amide bonds. The third-order valence-electron chi connectivity index (χ3n) is 12.3. The van der Waals surface area contributed by atoms with Gasteiger partial charge in [0.25, 0.3) is 0 Å². The quantitative estimate of drug-likeness (QED) is 0.0453. The number of likely N-dealkylation sites (tertiary alicyclic amines) is 1. The van der Waals surface area contributed by atoms with Gasteiger partial charge in [-0.15, -0.1) is 0 Å². The zero-order valence-corrected chi connectivity index (χ0v) is 38.2. The number of hydrogen-bond acceptors (Lipinski definition) is 6. The Balaban J connectivity index is 2.21. The van der Waals surface area contributed by atoms with E-state index in [0.29, 0.717) is 44.0 Å². The molecule has 1 fully saturated rings. The van der Waals surface area contributed by atoms with Gasteiger partial charge >= 0.3 is 11.9 Å². The number of rotatable bonds is 43. The Hall–Kier alpha value is -1.14. The van der Waals surface area contributed by atoms with E-state index in [1.165, 1.54) is 199 Å². The highest BCUT2D eigenvalue weighted by Gasteiger charge is 2.17. The summed E-state index contributed by atoms with van der Waals surface area (Å²) >= 11 is 0. The summed E-state index contributed by atoms with van der Waals surface area (Å²) in [7, 11) is 0. The van der Waals surface area contributed by atoms with Crippen molar-refractivity contribution >= 4 is 11.9 Å². The summed E-state index contributed by atoms with van der Waals surface area (Å²) in [6.07, 6.45) is 41.9. The third-order valence-corrected chi connectivity index (χ3v) is 12.3. The van der Waals surface area contributed by atoms with Gasteiger partial charge in [0.15, 0.2) is 0 Å². The molecule has 0 N–H and O–H groups in total. The second-order valence-electron chi connectivity index (χ2n) is 17.8. The molecule has 0 unspecified atom stereocenters. The highest BCUT2D eigenvalue weighted by molar-refractivity contribution is 5.70. The first-order valence-electron chi connectivity index (χ1n) is 25.2. The van der Waals surface area contributed by atoms with Gasteiger partial charge in [-0.3, -0.25) is 9.59 Å². The summed E-state index contributed by atoms with van der Waals surface area (Å²) < 4.78 is 17.8. The number of esters is 2. The van der Waals surface area contributed by atoms with Gasteiger partial charge in [-0.2, -0.15) is 0 Å². The molecule has 332 valence electrons. The Kier molecular flexibility index (Phi) is 38.4. The molecule has 1 aliphatic heterocycles. The van der Waals surface area contributed by atoms with Gasteiger partial charge < -0.3 is 19.1 Å². The van der Waals surface area contributed by atoms with Crippen LogP contribution >= 0.6 is 0 Å². The van der Waals surface area contributed by atoms with Crippen LogP contribution in [0, 0.1) is 11.8 Å². The molecule has 0 aromatic rings. The lowest BCUT2D eigenvalue weighted by molar-refractivity contribution is -0.146. The maximum absolute atomic E-state index is 12.5. The van der Waals surface area contributed by atoms with Crippen molar-refractivity contribution in [2.75, 3.05) is 39.5 Å². The average Bonchev–Trinajstić information content (AvgIpc) is 3.71. The maximum Gasteiger partial charge on any atom is 0.306 e.